The van der Waals surface area contributed by atoms with E-state index in [0.29, 0.717) is 5.41 Å². The summed E-state index contributed by atoms with van der Waals surface area (Å²) in [6.45, 7) is 0.857. The molecule has 0 unspecified atom stereocenters. The minimum Gasteiger partial charge on any atom is -0.330 e. The van der Waals surface area contributed by atoms with E-state index >= 15 is 0 Å². The Balaban J connectivity index is 1.80. The molecule has 2 N–H and O–H groups in total. The van der Waals surface area contributed by atoms with Gasteiger partial charge in [0.15, 0.2) is 0 Å². The summed E-state index contributed by atoms with van der Waals surface area (Å²) in [7, 11) is 0. The predicted octanol–water partition coefficient (Wildman–Crippen LogP) is 2.95. The van der Waals surface area contributed by atoms with E-state index in [4.69, 9.17) is 5.73 Å². The predicted molar refractivity (Wildman–Crippen MR) is 69.6 cm³/mol. The number of benzene rings is 1. The van der Waals surface area contributed by atoms with Gasteiger partial charge in [-0.05, 0) is 48.5 Å². The Bertz CT molecular complexity index is 418. The molecule has 1 aromatic rings. The van der Waals surface area contributed by atoms with Crippen molar-refractivity contribution in [3.05, 3.63) is 35.9 Å². The van der Waals surface area contributed by atoms with E-state index in [1.54, 1.807) is 0 Å². The van der Waals surface area contributed by atoms with Gasteiger partial charge in [-0.2, -0.15) is 0 Å². The molecule has 0 amide bonds. The van der Waals surface area contributed by atoms with E-state index in [1.807, 2.05) is 0 Å². The van der Waals surface area contributed by atoms with Gasteiger partial charge in [-0.3, -0.25) is 0 Å². The summed E-state index contributed by atoms with van der Waals surface area (Å²) in [4.78, 5) is 0. The fourth-order valence-electron chi connectivity index (χ4n) is 5.47. The highest BCUT2D eigenvalue weighted by Gasteiger charge is 2.65. The van der Waals surface area contributed by atoms with E-state index in [2.05, 4.69) is 30.3 Å². The quantitative estimate of drug-likeness (QED) is 0.826. The van der Waals surface area contributed by atoms with Gasteiger partial charge in [0.1, 0.15) is 0 Å². The first kappa shape index (κ1) is 10.1. The third-order valence-corrected chi connectivity index (χ3v) is 6.08. The Hall–Kier alpha value is -0.820. The van der Waals surface area contributed by atoms with Gasteiger partial charge in [0.2, 0.25) is 0 Å². The average Bonchev–Trinajstić information content (AvgIpc) is 2.57. The molecule has 4 rings (SSSR count). The second-order valence-corrected chi connectivity index (χ2v) is 6.40. The summed E-state index contributed by atoms with van der Waals surface area (Å²) < 4.78 is 0. The molecular formula is C16H21N. The van der Waals surface area contributed by atoms with Crippen LogP contribution in [0.15, 0.2) is 30.3 Å². The highest BCUT2D eigenvalue weighted by atomic mass is 14.8. The zero-order chi connectivity index (χ0) is 11.5. The summed E-state index contributed by atoms with van der Waals surface area (Å²) in [5, 5.41) is 0. The normalized spacial score (nSPS) is 46.6. The molecule has 0 radical (unpaired) electrons. The monoisotopic (exact) mass is 227 g/mol. The molecule has 5 atom stereocenters. The third-order valence-electron chi connectivity index (χ3n) is 6.08. The van der Waals surface area contributed by atoms with Gasteiger partial charge >= 0.3 is 0 Å². The molecule has 1 heteroatoms. The molecule has 0 spiro atoms. The molecule has 90 valence electrons. The van der Waals surface area contributed by atoms with Gasteiger partial charge in [-0.25, -0.2) is 0 Å². The van der Waals surface area contributed by atoms with Crippen molar-refractivity contribution < 1.29 is 0 Å². The summed E-state index contributed by atoms with van der Waals surface area (Å²) in [5.74, 6) is 3.82. The first-order valence-corrected chi connectivity index (χ1v) is 7.12. The zero-order valence-corrected chi connectivity index (χ0v) is 10.3. The fraction of sp³-hybridized carbons (Fsp3) is 0.625. The summed E-state index contributed by atoms with van der Waals surface area (Å²) in [5.41, 5.74) is 8.11. The maximum atomic E-state index is 6.24. The summed E-state index contributed by atoms with van der Waals surface area (Å²) >= 11 is 0. The van der Waals surface area contributed by atoms with Crippen molar-refractivity contribution in [3.8, 4) is 0 Å². The topological polar surface area (TPSA) is 26.0 Å². The first-order chi connectivity index (χ1) is 8.36. The zero-order valence-electron chi connectivity index (χ0n) is 10.3. The van der Waals surface area contributed by atoms with Crippen LogP contribution in [0.3, 0.4) is 0 Å². The van der Waals surface area contributed by atoms with E-state index in [1.165, 1.54) is 31.2 Å². The molecule has 2 bridgehead atoms. The minimum absolute atomic E-state index is 0.344. The van der Waals surface area contributed by atoms with Crippen LogP contribution in [0.4, 0.5) is 0 Å². The fourth-order valence-corrected chi connectivity index (χ4v) is 5.47. The lowest BCUT2D eigenvalue weighted by Crippen LogP contribution is -2.61. The second kappa shape index (κ2) is 3.35. The SMILES string of the molecule is NC[C@@]1(c2ccccc2)[C@@H]2CC[C@H]3C[C@@H]2[C@@H]1C3. The van der Waals surface area contributed by atoms with E-state index < -0.39 is 0 Å². The Morgan fingerprint density at radius 3 is 2.65 bits per heavy atom. The van der Waals surface area contributed by atoms with Crippen LogP contribution in [0.1, 0.15) is 31.2 Å². The molecule has 3 aliphatic carbocycles. The summed E-state index contributed by atoms with van der Waals surface area (Å²) in [6.07, 6.45) is 5.85. The number of hydrogen-bond acceptors (Lipinski definition) is 1. The van der Waals surface area contributed by atoms with Crippen LogP contribution >= 0.6 is 0 Å². The lowest BCUT2D eigenvalue weighted by atomic mass is 9.44. The average molecular weight is 227 g/mol. The van der Waals surface area contributed by atoms with E-state index in [9.17, 15) is 0 Å². The summed E-state index contributed by atoms with van der Waals surface area (Å²) in [6, 6.07) is 11.1. The second-order valence-electron chi connectivity index (χ2n) is 6.40. The van der Waals surface area contributed by atoms with Gasteiger partial charge in [0.05, 0.1) is 0 Å². The molecule has 0 saturated heterocycles. The molecule has 3 aliphatic rings. The van der Waals surface area contributed by atoms with Crippen LogP contribution in [0.5, 0.6) is 0 Å². The Morgan fingerprint density at radius 1 is 1.06 bits per heavy atom. The van der Waals surface area contributed by atoms with Crippen LogP contribution in [0.2, 0.25) is 0 Å². The number of rotatable bonds is 2. The first-order valence-electron chi connectivity index (χ1n) is 7.12. The van der Waals surface area contributed by atoms with E-state index in [0.717, 1.165) is 30.2 Å². The van der Waals surface area contributed by atoms with Gasteiger partial charge < -0.3 is 5.73 Å². The van der Waals surface area contributed by atoms with Crippen molar-refractivity contribution in [1.82, 2.24) is 0 Å². The van der Waals surface area contributed by atoms with Crippen molar-refractivity contribution >= 4 is 0 Å². The van der Waals surface area contributed by atoms with Crippen molar-refractivity contribution in [3.63, 3.8) is 0 Å². The van der Waals surface area contributed by atoms with Crippen molar-refractivity contribution in [2.45, 2.75) is 31.1 Å². The maximum Gasteiger partial charge on any atom is 0.0137 e. The smallest absolute Gasteiger partial charge is 0.0137 e. The molecule has 0 aromatic heterocycles. The molecule has 17 heavy (non-hydrogen) atoms. The highest BCUT2D eigenvalue weighted by Crippen LogP contribution is 2.69. The molecular weight excluding hydrogens is 206 g/mol. The van der Waals surface area contributed by atoms with Crippen molar-refractivity contribution in [2.24, 2.45) is 29.4 Å². The van der Waals surface area contributed by atoms with Crippen LogP contribution in [-0.4, -0.2) is 6.54 Å². The van der Waals surface area contributed by atoms with Crippen molar-refractivity contribution in [2.75, 3.05) is 6.54 Å². The molecule has 1 nitrogen and oxygen atoms in total. The van der Waals surface area contributed by atoms with Gasteiger partial charge in [0, 0.05) is 12.0 Å². The van der Waals surface area contributed by atoms with Gasteiger partial charge in [-0.1, -0.05) is 36.8 Å². The Morgan fingerprint density at radius 2 is 1.88 bits per heavy atom. The number of hydrogen-bond donors (Lipinski definition) is 1. The number of fused-ring (bicyclic) bond motifs is 1. The largest absolute Gasteiger partial charge is 0.330 e. The molecule has 0 aliphatic heterocycles. The van der Waals surface area contributed by atoms with Gasteiger partial charge in [-0.15, -0.1) is 0 Å². The highest BCUT2D eigenvalue weighted by molar-refractivity contribution is 5.35. The van der Waals surface area contributed by atoms with Crippen LogP contribution < -0.4 is 5.73 Å². The third kappa shape index (κ3) is 1.09. The molecule has 3 fully saturated rings. The molecule has 3 saturated carbocycles. The van der Waals surface area contributed by atoms with Crippen LogP contribution in [-0.2, 0) is 5.41 Å². The Kier molecular flexibility index (Phi) is 2.00. The van der Waals surface area contributed by atoms with Crippen LogP contribution in [0.25, 0.3) is 0 Å². The van der Waals surface area contributed by atoms with Gasteiger partial charge in [0.25, 0.3) is 0 Å². The lowest BCUT2D eigenvalue weighted by molar-refractivity contribution is -0.0390. The molecule has 1 aromatic carbocycles. The lowest BCUT2D eigenvalue weighted by Gasteiger charge is -2.60. The van der Waals surface area contributed by atoms with E-state index in [-0.39, 0.29) is 0 Å². The van der Waals surface area contributed by atoms with Crippen LogP contribution in [0, 0.1) is 23.7 Å². The standard InChI is InChI=1S/C16H21N/c17-10-16(12-4-2-1-3-5-12)14-7-6-11-8-13(14)15(16)9-11/h1-5,11,13-15H,6-10,17H2/t11-,13-,14+,15-,16+/m0/s1. The molecule has 0 heterocycles. The maximum absolute atomic E-state index is 6.24. The van der Waals surface area contributed by atoms with Crippen molar-refractivity contribution in [1.29, 1.82) is 0 Å². The minimum atomic E-state index is 0.344. The Labute approximate surface area is 103 Å². The number of nitrogens with two attached hydrogens (primary N) is 1.